The Balaban J connectivity index is 1.83. The topological polar surface area (TPSA) is 76.4 Å². The highest BCUT2D eigenvalue weighted by molar-refractivity contribution is 6.08. The molecular formula is C28H29F2N3O3. The van der Waals surface area contributed by atoms with Crippen molar-refractivity contribution in [2.75, 3.05) is 0 Å². The lowest BCUT2D eigenvalue weighted by atomic mass is 10.0. The molecule has 0 fully saturated rings. The van der Waals surface area contributed by atoms with Crippen LogP contribution in [0.25, 0.3) is 11.0 Å². The lowest BCUT2D eigenvalue weighted by Crippen LogP contribution is -2.24. The number of fused-ring (bicyclic) bond motifs is 1. The molecule has 0 bridgehead atoms. The highest BCUT2D eigenvalue weighted by Gasteiger charge is 2.27. The lowest BCUT2D eigenvalue weighted by Gasteiger charge is -2.15. The zero-order chi connectivity index (χ0) is 26.0. The van der Waals surface area contributed by atoms with Crippen molar-refractivity contribution >= 4 is 16.9 Å². The number of benzene rings is 2. The third-order valence-corrected chi connectivity index (χ3v) is 5.76. The number of amides is 1. The summed E-state index contributed by atoms with van der Waals surface area (Å²) in [6.45, 7) is 8.10. The minimum absolute atomic E-state index is 0.00683. The van der Waals surface area contributed by atoms with Gasteiger partial charge in [-0.1, -0.05) is 50.2 Å². The number of hydrogen-bond donors (Lipinski definition) is 2. The molecule has 0 radical (unpaired) electrons. The zero-order valence-electron chi connectivity index (χ0n) is 20.7. The molecule has 6 nitrogen and oxygen atoms in total. The number of hydrogen-bond acceptors (Lipinski definition) is 4. The van der Waals surface area contributed by atoms with Crippen LogP contribution in [0.1, 0.15) is 60.8 Å². The van der Waals surface area contributed by atoms with Crippen LogP contribution >= 0.6 is 0 Å². The molecule has 0 spiro atoms. The monoisotopic (exact) mass is 493 g/mol. The smallest absolute Gasteiger partial charge is 0.259 e. The largest absolute Gasteiger partial charge is 0.503 e. The maximum Gasteiger partial charge on any atom is 0.259 e. The molecule has 8 heteroatoms. The van der Waals surface area contributed by atoms with Crippen LogP contribution in [0.4, 0.5) is 8.78 Å². The minimum atomic E-state index is -0.976. The van der Waals surface area contributed by atoms with Crippen molar-refractivity contribution < 1.29 is 23.4 Å². The molecule has 1 amide bonds. The average molecular weight is 494 g/mol. The van der Waals surface area contributed by atoms with Gasteiger partial charge in [-0.2, -0.15) is 4.98 Å². The van der Waals surface area contributed by atoms with E-state index in [1.54, 1.807) is 0 Å². The van der Waals surface area contributed by atoms with E-state index in [0.29, 0.717) is 28.7 Å². The molecule has 2 heterocycles. The molecule has 2 N–H and O–H groups in total. The highest BCUT2D eigenvalue weighted by Crippen LogP contribution is 2.37. The number of aromatic hydroxyl groups is 1. The first kappa shape index (κ1) is 25.2. The zero-order valence-corrected chi connectivity index (χ0v) is 20.7. The first-order valence-electron chi connectivity index (χ1n) is 11.8. The van der Waals surface area contributed by atoms with Crippen molar-refractivity contribution in [2.45, 2.75) is 52.8 Å². The average Bonchev–Trinajstić information content (AvgIpc) is 3.13. The molecule has 4 rings (SSSR count). The van der Waals surface area contributed by atoms with Crippen LogP contribution in [0.15, 0.2) is 54.6 Å². The fraction of sp³-hybridized carbons (Fsp3) is 0.286. The molecule has 0 unspecified atom stereocenters. The summed E-state index contributed by atoms with van der Waals surface area (Å²) in [5.41, 5.74) is 3.07. The van der Waals surface area contributed by atoms with E-state index < -0.39 is 17.5 Å². The van der Waals surface area contributed by atoms with Gasteiger partial charge in [0, 0.05) is 24.2 Å². The molecule has 188 valence electrons. The van der Waals surface area contributed by atoms with E-state index >= 15 is 0 Å². The normalized spacial score (nSPS) is 11.4. The maximum absolute atomic E-state index is 13.6. The van der Waals surface area contributed by atoms with Crippen LogP contribution < -0.4 is 10.1 Å². The molecule has 36 heavy (non-hydrogen) atoms. The van der Waals surface area contributed by atoms with E-state index in [9.17, 15) is 18.7 Å². The number of nitrogens with zero attached hydrogens (tertiary/aromatic N) is 2. The number of ether oxygens (including phenoxy) is 1. The van der Waals surface area contributed by atoms with Gasteiger partial charge in [-0.25, -0.2) is 8.78 Å². The molecule has 4 aromatic rings. The molecule has 2 aromatic heterocycles. The third kappa shape index (κ3) is 5.17. The van der Waals surface area contributed by atoms with Crippen LogP contribution in [-0.2, 0) is 13.1 Å². The van der Waals surface area contributed by atoms with Gasteiger partial charge in [0.2, 0.25) is 0 Å². The van der Waals surface area contributed by atoms with Gasteiger partial charge in [-0.05, 0) is 49.1 Å². The van der Waals surface area contributed by atoms with Crippen molar-refractivity contribution in [1.82, 2.24) is 14.9 Å². The Bertz CT molecular complexity index is 1400. The van der Waals surface area contributed by atoms with Crippen molar-refractivity contribution in [3.05, 3.63) is 88.6 Å². The van der Waals surface area contributed by atoms with E-state index in [0.717, 1.165) is 23.4 Å². The minimum Gasteiger partial charge on any atom is -0.503 e. The Kier molecular flexibility index (Phi) is 7.24. The van der Waals surface area contributed by atoms with Crippen molar-refractivity contribution in [1.29, 1.82) is 0 Å². The Morgan fingerprint density at radius 3 is 2.39 bits per heavy atom. The fourth-order valence-electron chi connectivity index (χ4n) is 4.25. The quantitative estimate of drug-likeness (QED) is 0.320. The van der Waals surface area contributed by atoms with Gasteiger partial charge in [0.1, 0.15) is 5.65 Å². The van der Waals surface area contributed by atoms with E-state index in [1.165, 1.54) is 12.1 Å². The van der Waals surface area contributed by atoms with Crippen LogP contribution in [0.3, 0.4) is 0 Å². The first-order valence-corrected chi connectivity index (χ1v) is 11.8. The summed E-state index contributed by atoms with van der Waals surface area (Å²) in [6.07, 6.45) is -0.207. The van der Waals surface area contributed by atoms with Crippen LogP contribution in [-0.4, -0.2) is 26.7 Å². The molecule has 0 aliphatic carbocycles. The Labute approximate surface area is 208 Å². The predicted molar refractivity (Wildman–Crippen MR) is 134 cm³/mol. The van der Waals surface area contributed by atoms with Gasteiger partial charge in [0.05, 0.1) is 11.7 Å². The summed E-state index contributed by atoms with van der Waals surface area (Å²) in [5, 5.41) is 13.9. The number of pyridine rings is 1. The van der Waals surface area contributed by atoms with Gasteiger partial charge in [0.15, 0.2) is 17.4 Å². The number of aromatic nitrogens is 2. The van der Waals surface area contributed by atoms with Gasteiger partial charge in [-0.3, -0.25) is 4.79 Å². The Morgan fingerprint density at radius 2 is 1.75 bits per heavy atom. The summed E-state index contributed by atoms with van der Waals surface area (Å²) in [7, 11) is 0. The van der Waals surface area contributed by atoms with Crippen LogP contribution in [0.2, 0.25) is 0 Å². The van der Waals surface area contributed by atoms with Gasteiger partial charge in [-0.15, -0.1) is 0 Å². The van der Waals surface area contributed by atoms with Gasteiger partial charge in [0.25, 0.3) is 11.8 Å². The van der Waals surface area contributed by atoms with E-state index in [1.807, 2.05) is 62.6 Å². The van der Waals surface area contributed by atoms with Gasteiger partial charge < -0.3 is 19.7 Å². The second kappa shape index (κ2) is 10.4. The van der Waals surface area contributed by atoms with E-state index in [4.69, 9.17) is 4.74 Å². The standard InChI is InChI=1S/C28H29F2N3O3/c1-16(2)25-24(27(35)31-14-19-10-11-21(29)22(30)12-19)20-13-23(34)28(36-17(3)4)32-26(20)33(25)15-18-8-6-5-7-9-18/h5-13,16-17,34H,14-15H2,1-4H3,(H,31,35). The Hall–Kier alpha value is -3.94. The fourth-order valence-corrected chi connectivity index (χ4v) is 4.25. The highest BCUT2D eigenvalue weighted by atomic mass is 19.2. The van der Waals surface area contributed by atoms with Crippen molar-refractivity contribution in [3.63, 3.8) is 0 Å². The van der Waals surface area contributed by atoms with Crippen molar-refractivity contribution in [3.8, 4) is 11.6 Å². The number of carbonyl (C=O) groups excluding carboxylic acids is 1. The molecule has 0 aliphatic rings. The number of rotatable bonds is 8. The number of carbonyl (C=O) groups is 1. The number of halogens is 2. The molecule has 0 atom stereocenters. The predicted octanol–water partition coefficient (Wildman–Crippen LogP) is 5.91. The summed E-state index contributed by atoms with van der Waals surface area (Å²) in [4.78, 5) is 18.1. The molecule has 0 aliphatic heterocycles. The van der Waals surface area contributed by atoms with E-state index in [-0.39, 0.29) is 30.2 Å². The molecule has 0 saturated carbocycles. The lowest BCUT2D eigenvalue weighted by molar-refractivity contribution is 0.0951. The summed E-state index contributed by atoms with van der Waals surface area (Å²) in [5.74, 6) is -2.47. The molecule has 2 aromatic carbocycles. The Morgan fingerprint density at radius 1 is 1.03 bits per heavy atom. The third-order valence-electron chi connectivity index (χ3n) is 5.76. The molecule has 0 saturated heterocycles. The van der Waals surface area contributed by atoms with Gasteiger partial charge >= 0.3 is 0 Å². The maximum atomic E-state index is 13.6. The summed E-state index contributed by atoms with van der Waals surface area (Å²) in [6, 6.07) is 14.8. The number of nitrogens with one attached hydrogen (secondary N) is 1. The second-order valence-corrected chi connectivity index (χ2v) is 9.27. The van der Waals surface area contributed by atoms with E-state index in [2.05, 4.69) is 10.3 Å². The summed E-state index contributed by atoms with van der Waals surface area (Å²) >= 11 is 0. The molecular weight excluding hydrogens is 464 g/mol. The SMILES string of the molecule is CC(C)Oc1nc2c(cc1O)c(C(=O)NCc1ccc(F)c(F)c1)c(C(C)C)n2Cc1ccccc1. The van der Waals surface area contributed by atoms with Crippen molar-refractivity contribution in [2.24, 2.45) is 0 Å². The summed E-state index contributed by atoms with van der Waals surface area (Å²) < 4.78 is 34.6. The van der Waals surface area contributed by atoms with Crippen LogP contribution in [0.5, 0.6) is 11.6 Å². The second-order valence-electron chi connectivity index (χ2n) is 9.27. The first-order chi connectivity index (χ1) is 17.2. The van der Waals surface area contributed by atoms with Crippen LogP contribution in [0, 0.1) is 11.6 Å².